The van der Waals surface area contributed by atoms with Crippen LogP contribution in [-0.2, 0) is 0 Å². The van der Waals surface area contributed by atoms with E-state index in [9.17, 15) is 4.79 Å². The number of benzene rings is 1. The highest BCUT2D eigenvalue weighted by molar-refractivity contribution is 9.10. The zero-order valence-corrected chi connectivity index (χ0v) is 11.9. The standard InChI is InChI=1S/C12H16BrN3O2/c1-8(2)16(7-11(14)15-18)12(17)9-5-3-4-6-10(9)13/h3-6,8,18H,7H2,1-2H3,(H2,14,15). The lowest BCUT2D eigenvalue weighted by Crippen LogP contribution is -2.43. The van der Waals surface area contributed by atoms with Crippen LogP contribution in [0.5, 0.6) is 0 Å². The summed E-state index contributed by atoms with van der Waals surface area (Å²) in [5, 5.41) is 11.5. The normalized spacial score (nSPS) is 11.7. The molecule has 6 heteroatoms. The molecule has 98 valence electrons. The molecule has 5 nitrogen and oxygen atoms in total. The van der Waals surface area contributed by atoms with Crippen molar-refractivity contribution in [1.82, 2.24) is 4.90 Å². The first-order valence-corrected chi connectivity index (χ1v) is 6.28. The van der Waals surface area contributed by atoms with Crippen molar-refractivity contribution in [2.45, 2.75) is 19.9 Å². The fourth-order valence-electron chi connectivity index (χ4n) is 1.48. The summed E-state index contributed by atoms with van der Waals surface area (Å²) in [5.41, 5.74) is 6.01. The Balaban J connectivity index is 3.01. The van der Waals surface area contributed by atoms with E-state index in [-0.39, 0.29) is 24.3 Å². The molecule has 0 spiro atoms. The van der Waals surface area contributed by atoms with Gasteiger partial charge >= 0.3 is 0 Å². The summed E-state index contributed by atoms with van der Waals surface area (Å²) in [5.74, 6) is -0.159. The number of amidine groups is 1. The summed E-state index contributed by atoms with van der Waals surface area (Å²) in [6.07, 6.45) is 0. The molecule has 1 aromatic carbocycles. The third kappa shape index (κ3) is 3.46. The third-order valence-electron chi connectivity index (χ3n) is 2.45. The second-order valence-electron chi connectivity index (χ2n) is 4.10. The molecular formula is C12H16BrN3O2. The molecule has 0 saturated heterocycles. The van der Waals surface area contributed by atoms with E-state index in [1.807, 2.05) is 19.9 Å². The molecule has 3 N–H and O–H groups in total. The largest absolute Gasteiger partial charge is 0.409 e. The van der Waals surface area contributed by atoms with Crippen molar-refractivity contribution in [2.75, 3.05) is 6.54 Å². The summed E-state index contributed by atoms with van der Waals surface area (Å²) >= 11 is 3.34. The molecular weight excluding hydrogens is 298 g/mol. The molecule has 1 aromatic rings. The molecule has 0 bridgehead atoms. The molecule has 0 aromatic heterocycles. The predicted octanol–water partition coefficient (Wildman–Crippen LogP) is 2.05. The van der Waals surface area contributed by atoms with Gasteiger partial charge < -0.3 is 15.8 Å². The number of halogens is 1. The number of nitrogens with zero attached hydrogens (tertiary/aromatic N) is 2. The first kappa shape index (κ1) is 14.5. The van der Waals surface area contributed by atoms with E-state index in [4.69, 9.17) is 10.9 Å². The van der Waals surface area contributed by atoms with E-state index in [0.717, 1.165) is 4.47 Å². The van der Waals surface area contributed by atoms with Crippen LogP contribution in [0, 0.1) is 0 Å². The van der Waals surface area contributed by atoms with Crippen LogP contribution in [0.2, 0.25) is 0 Å². The molecule has 0 heterocycles. The Morgan fingerprint density at radius 2 is 2.11 bits per heavy atom. The SMILES string of the molecule is CC(C)N(CC(N)=NO)C(=O)c1ccccc1Br. The van der Waals surface area contributed by atoms with Crippen molar-refractivity contribution >= 4 is 27.7 Å². The van der Waals surface area contributed by atoms with Gasteiger partial charge in [-0.25, -0.2) is 0 Å². The number of amides is 1. The number of carbonyl (C=O) groups excluding carboxylic acids is 1. The van der Waals surface area contributed by atoms with E-state index < -0.39 is 0 Å². The number of rotatable bonds is 4. The van der Waals surface area contributed by atoms with Gasteiger partial charge in [0.2, 0.25) is 0 Å². The highest BCUT2D eigenvalue weighted by atomic mass is 79.9. The number of carbonyl (C=O) groups is 1. The average molecular weight is 314 g/mol. The van der Waals surface area contributed by atoms with Crippen LogP contribution in [-0.4, -0.2) is 34.4 Å². The van der Waals surface area contributed by atoms with Crippen LogP contribution < -0.4 is 5.73 Å². The molecule has 0 fully saturated rings. The minimum absolute atomic E-state index is 0.00380. The van der Waals surface area contributed by atoms with Gasteiger partial charge in [-0.2, -0.15) is 0 Å². The second-order valence-corrected chi connectivity index (χ2v) is 4.95. The lowest BCUT2D eigenvalue weighted by molar-refractivity contribution is 0.0733. The van der Waals surface area contributed by atoms with E-state index in [1.165, 1.54) is 4.90 Å². The molecule has 0 aliphatic heterocycles. The maximum atomic E-state index is 12.4. The zero-order valence-electron chi connectivity index (χ0n) is 10.3. The van der Waals surface area contributed by atoms with Crippen LogP contribution in [0.3, 0.4) is 0 Å². The molecule has 18 heavy (non-hydrogen) atoms. The van der Waals surface area contributed by atoms with Crippen LogP contribution >= 0.6 is 15.9 Å². The summed E-state index contributed by atoms with van der Waals surface area (Å²) in [4.78, 5) is 13.9. The Hall–Kier alpha value is -1.56. The van der Waals surface area contributed by atoms with Gasteiger partial charge in [-0.15, -0.1) is 0 Å². The second kappa shape index (κ2) is 6.39. The molecule has 0 aliphatic rings. The quantitative estimate of drug-likeness (QED) is 0.386. The zero-order chi connectivity index (χ0) is 13.7. The van der Waals surface area contributed by atoms with Crippen LogP contribution in [0.25, 0.3) is 0 Å². The Bertz CT molecular complexity index is 460. The fourth-order valence-corrected chi connectivity index (χ4v) is 1.94. The Morgan fingerprint density at radius 1 is 1.50 bits per heavy atom. The number of hydrogen-bond donors (Lipinski definition) is 2. The molecule has 0 radical (unpaired) electrons. The van der Waals surface area contributed by atoms with Gasteiger partial charge in [0.05, 0.1) is 12.1 Å². The van der Waals surface area contributed by atoms with E-state index in [0.29, 0.717) is 5.56 Å². The van der Waals surface area contributed by atoms with Gasteiger partial charge in [0.1, 0.15) is 0 Å². The van der Waals surface area contributed by atoms with Crippen LogP contribution in [0.15, 0.2) is 33.9 Å². The Morgan fingerprint density at radius 3 is 2.61 bits per heavy atom. The van der Waals surface area contributed by atoms with E-state index >= 15 is 0 Å². The van der Waals surface area contributed by atoms with Gasteiger partial charge in [-0.05, 0) is 41.9 Å². The van der Waals surface area contributed by atoms with Crippen molar-refractivity contribution < 1.29 is 10.0 Å². The molecule has 0 saturated carbocycles. The smallest absolute Gasteiger partial charge is 0.255 e. The Kier molecular flexibility index (Phi) is 5.15. The number of oxime groups is 1. The van der Waals surface area contributed by atoms with Crippen molar-refractivity contribution in [3.63, 3.8) is 0 Å². The van der Waals surface area contributed by atoms with E-state index in [2.05, 4.69) is 21.1 Å². The number of nitrogens with two attached hydrogens (primary N) is 1. The highest BCUT2D eigenvalue weighted by Crippen LogP contribution is 2.18. The maximum absolute atomic E-state index is 12.4. The van der Waals surface area contributed by atoms with Gasteiger partial charge in [0.25, 0.3) is 5.91 Å². The molecule has 1 rings (SSSR count). The minimum atomic E-state index is -0.163. The summed E-state index contributed by atoms with van der Waals surface area (Å²) in [6.45, 7) is 3.84. The highest BCUT2D eigenvalue weighted by Gasteiger charge is 2.21. The fraction of sp³-hybridized carbons (Fsp3) is 0.333. The lowest BCUT2D eigenvalue weighted by Gasteiger charge is -2.26. The van der Waals surface area contributed by atoms with Crippen molar-refractivity contribution in [2.24, 2.45) is 10.9 Å². The maximum Gasteiger partial charge on any atom is 0.255 e. The summed E-state index contributed by atoms with van der Waals surface area (Å²) in [7, 11) is 0. The third-order valence-corrected chi connectivity index (χ3v) is 3.14. The van der Waals surface area contributed by atoms with Crippen LogP contribution in [0.1, 0.15) is 24.2 Å². The average Bonchev–Trinajstić information content (AvgIpc) is 2.35. The van der Waals surface area contributed by atoms with E-state index in [1.54, 1.807) is 18.2 Å². The topological polar surface area (TPSA) is 78.9 Å². The predicted molar refractivity (Wildman–Crippen MR) is 73.7 cm³/mol. The molecule has 0 aliphatic carbocycles. The van der Waals surface area contributed by atoms with Gasteiger partial charge in [0, 0.05) is 10.5 Å². The summed E-state index contributed by atoms with van der Waals surface area (Å²) < 4.78 is 0.722. The van der Waals surface area contributed by atoms with Crippen molar-refractivity contribution in [3.8, 4) is 0 Å². The van der Waals surface area contributed by atoms with Gasteiger partial charge in [-0.3, -0.25) is 4.79 Å². The molecule has 0 atom stereocenters. The molecule has 1 amide bonds. The van der Waals surface area contributed by atoms with Crippen LogP contribution in [0.4, 0.5) is 0 Å². The van der Waals surface area contributed by atoms with Gasteiger partial charge in [-0.1, -0.05) is 17.3 Å². The minimum Gasteiger partial charge on any atom is -0.409 e. The number of hydrogen-bond acceptors (Lipinski definition) is 3. The monoisotopic (exact) mass is 313 g/mol. The van der Waals surface area contributed by atoms with Crippen molar-refractivity contribution in [1.29, 1.82) is 0 Å². The van der Waals surface area contributed by atoms with Gasteiger partial charge in [0.15, 0.2) is 5.84 Å². The molecule has 0 unspecified atom stereocenters. The summed E-state index contributed by atoms with van der Waals surface area (Å²) in [6, 6.07) is 7.11. The Labute approximate surface area is 114 Å². The first-order chi connectivity index (χ1) is 8.47. The van der Waals surface area contributed by atoms with Crippen molar-refractivity contribution in [3.05, 3.63) is 34.3 Å². The lowest BCUT2D eigenvalue weighted by atomic mass is 10.1. The first-order valence-electron chi connectivity index (χ1n) is 5.49.